The largest absolute Gasteiger partial charge is 0.478 e. The monoisotopic (exact) mass is 387 g/mol. The molecule has 0 bridgehead atoms. The molecule has 0 unspecified atom stereocenters. The molecule has 0 aliphatic heterocycles. The van der Waals surface area contributed by atoms with E-state index < -0.39 is 5.97 Å². The lowest BCUT2D eigenvalue weighted by molar-refractivity contribution is 0.0698. The summed E-state index contributed by atoms with van der Waals surface area (Å²) >= 11 is 0. The van der Waals surface area contributed by atoms with Crippen LogP contribution in [0.1, 0.15) is 15.9 Å². The lowest BCUT2D eigenvalue weighted by atomic mass is 10.1. The van der Waals surface area contributed by atoms with Crippen molar-refractivity contribution in [1.29, 1.82) is 0 Å². The fourth-order valence-corrected chi connectivity index (χ4v) is 3.13. The zero-order valence-electron chi connectivity index (χ0n) is 15.6. The van der Waals surface area contributed by atoms with Crippen molar-refractivity contribution in [3.05, 3.63) is 95.8 Å². The lowest BCUT2D eigenvalue weighted by Crippen LogP contribution is -2.07. The van der Waals surface area contributed by atoms with Gasteiger partial charge in [-0.25, -0.2) is 13.9 Å². The van der Waals surface area contributed by atoms with E-state index in [1.54, 1.807) is 41.1 Å². The van der Waals surface area contributed by atoms with Crippen LogP contribution in [0.5, 0.6) is 0 Å². The Labute approximate surface area is 167 Å². The van der Waals surface area contributed by atoms with Crippen molar-refractivity contribution in [2.45, 2.75) is 6.92 Å². The summed E-state index contributed by atoms with van der Waals surface area (Å²) in [6.45, 7) is 1.98. The van der Waals surface area contributed by atoms with Crippen molar-refractivity contribution in [2.75, 3.05) is 5.32 Å². The summed E-state index contributed by atoms with van der Waals surface area (Å²) < 4.78 is 15.0. The van der Waals surface area contributed by atoms with E-state index in [1.165, 1.54) is 12.1 Å². The van der Waals surface area contributed by atoms with Crippen LogP contribution in [0, 0.1) is 12.7 Å². The second-order valence-electron chi connectivity index (χ2n) is 6.60. The third kappa shape index (κ3) is 3.73. The van der Waals surface area contributed by atoms with Gasteiger partial charge in [-0.05, 0) is 55.0 Å². The molecule has 0 saturated carbocycles. The van der Waals surface area contributed by atoms with E-state index in [2.05, 4.69) is 5.32 Å². The number of benzene rings is 3. The molecule has 0 radical (unpaired) electrons. The Morgan fingerprint density at radius 3 is 2.41 bits per heavy atom. The average Bonchev–Trinajstić information content (AvgIpc) is 3.12. The summed E-state index contributed by atoms with van der Waals surface area (Å²) in [5.41, 5.74) is 3.89. The number of aryl methyl sites for hydroxylation is 1. The highest BCUT2D eigenvalue weighted by atomic mass is 19.1. The molecule has 0 aliphatic rings. The SMILES string of the molecule is Cc1ccccc1-n1nc(-c2ccc(F)cc2)cc1Nc1ccccc1C(=O)O. The smallest absolute Gasteiger partial charge is 0.337 e. The molecule has 5 nitrogen and oxygen atoms in total. The van der Waals surface area contributed by atoms with E-state index in [1.807, 2.05) is 37.3 Å². The molecule has 4 rings (SSSR count). The Bertz CT molecular complexity index is 1180. The molecule has 0 atom stereocenters. The second-order valence-corrected chi connectivity index (χ2v) is 6.60. The second kappa shape index (κ2) is 7.59. The van der Waals surface area contributed by atoms with Gasteiger partial charge in [0.15, 0.2) is 0 Å². The standard InChI is InChI=1S/C23H18FN3O2/c1-15-6-2-5-9-21(15)27-22(25-19-8-4-3-7-18(19)23(28)29)14-20(26-27)16-10-12-17(24)13-11-16/h2-14,25H,1H3,(H,28,29). The zero-order chi connectivity index (χ0) is 20.4. The predicted molar refractivity (Wildman–Crippen MR) is 110 cm³/mol. The number of aromatic nitrogens is 2. The summed E-state index contributed by atoms with van der Waals surface area (Å²) in [5.74, 6) is -0.734. The number of aromatic carboxylic acids is 1. The minimum Gasteiger partial charge on any atom is -0.478 e. The number of nitrogens with zero attached hydrogens (tertiary/aromatic N) is 2. The molecular weight excluding hydrogens is 369 g/mol. The number of halogens is 1. The number of rotatable bonds is 5. The highest BCUT2D eigenvalue weighted by molar-refractivity contribution is 5.95. The van der Waals surface area contributed by atoms with Gasteiger partial charge in [0.25, 0.3) is 0 Å². The van der Waals surface area contributed by atoms with Gasteiger partial charge in [0.2, 0.25) is 0 Å². The molecule has 0 amide bonds. The Morgan fingerprint density at radius 1 is 1.00 bits per heavy atom. The number of para-hydroxylation sites is 2. The number of carboxylic acid groups (broad SMARTS) is 1. The summed E-state index contributed by atoms with van der Waals surface area (Å²) in [5, 5.41) is 17.4. The van der Waals surface area contributed by atoms with Crippen LogP contribution in [0.4, 0.5) is 15.9 Å². The fourth-order valence-electron chi connectivity index (χ4n) is 3.13. The predicted octanol–water partition coefficient (Wildman–Crippen LogP) is 5.43. The molecule has 0 aliphatic carbocycles. The molecular formula is C23H18FN3O2. The number of hydrogen-bond donors (Lipinski definition) is 2. The van der Waals surface area contributed by atoms with Crippen molar-refractivity contribution in [1.82, 2.24) is 9.78 Å². The van der Waals surface area contributed by atoms with Crippen LogP contribution in [-0.2, 0) is 0 Å². The number of nitrogens with one attached hydrogen (secondary N) is 1. The quantitative estimate of drug-likeness (QED) is 0.479. The molecule has 0 fully saturated rings. The van der Waals surface area contributed by atoms with Crippen LogP contribution in [-0.4, -0.2) is 20.9 Å². The van der Waals surface area contributed by atoms with Gasteiger partial charge in [0.05, 0.1) is 22.6 Å². The maximum Gasteiger partial charge on any atom is 0.337 e. The Kier molecular flexibility index (Phi) is 4.83. The van der Waals surface area contributed by atoms with Crippen LogP contribution < -0.4 is 5.32 Å². The van der Waals surface area contributed by atoms with E-state index in [-0.39, 0.29) is 11.4 Å². The Hall–Kier alpha value is -3.93. The van der Waals surface area contributed by atoms with Crippen LogP contribution in [0.25, 0.3) is 16.9 Å². The number of carbonyl (C=O) groups is 1. The van der Waals surface area contributed by atoms with E-state index in [0.717, 1.165) is 16.8 Å². The lowest BCUT2D eigenvalue weighted by Gasteiger charge is -2.13. The number of hydrogen-bond acceptors (Lipinski definition) is 3. The third-order valence-electron chi connectivity index (χ3n) is 4.61. The molecule has 0 saturated heterocycles. The normalized spacial score (nSPS) is 10.7. The molecule has 0 spiro atoms. The summed E-state index contributed by atoms with van der Waals surface area (Å²) in [4.78, 5) is 11.6. The molecule has 1 aromatic heterocycles. The van der Waals surface area contributed by atoms with Crippen molar-refractivity contribution >= 4 is 17.5 Å². The molecule has 2 N–H and O–H groups in total. The van der Waals surface area contributed by atoms with Crippen LogP contribution >= 0.6 is 0 Å². The van der Waals surface area contributed by atoms with Gasteiger partial charge in [0, 0.05) is 11.6 Å². The molecule has 3 aromatic carbocycles. The van der Waals surface area contributed by atoms with Gasteiger partial charge in [-0.1, -0.05) is 30.3 Å². The van der Waals surface area contributed by atoms with Crippen LogP contribution in [0.2, 0.25) is 0 Å². The van der Waals surface area contributed by atoms with E-state index in [4.69, 9.17) is 5.10 Å². The summed E-state index contributed by atoms with van der Waals surface area (Å²) in [6.07, 6.45) is 0. The Morgan fingerprint density at radius 2 is 1.69 bits per heavy atom. The molecule has 6 heteroatoms. The first-order valence-electron chi connectivity index (χ1n) is 9.04. The fraction of sp³-hybridized carbons (Fsp3) is 0.0435. The van der Waals surface area contributed by atoms with Crippen LogP contribution in [0.3, 0.4) is 0 Å². The van der Waals surface area contributed by atoms with Crippen molar-refractivity contribution in [3.63, 3.8) is 0 Å². The third-order valence-corrected chi connectivity index (χ3v) is 4.61. The van der Waals surface area contributed by atoms with Gasteiger partial charge >= 0.3 is 5.97 Å². The van der Waals surface area contributed by atoms with Gasteiger partial charge in [-0.2, -0.15) is 5.10 Å². The summed E-state index contributed by atoms with van der Waals surface area (Å²) in [6, 6.07) is 22.4. The highest BCUT2D eigenvalue weighted by Crippen LogP contribution is 2.29. The maximum atomic E-state index is 13.3. The summed E-state index contributed by atoms with van der Waals surface area (Å²) in [7, 11) is 0. The van der Waals surface area contributed by atoms with E-state index >= 15 is 0 Å². The Balaban J connectivity index is 1.85. The van der Waals surface area contributed by atoms with E-state index in [9.17, 15) is 14.3 Å². The average molecular weight is 387 g/mol. The minimum atomic E-state index is -1.02. The van der Waals surface area contributed by atoms with E-state index in [0.29, 0.717) is 17.2 Å². The minimum absolute atomic E-state index is 0.161. The molecule has 144 valence electrons. The molecule has 4 aromatic rings. The van der Waals surface area contributed by atoms with Gasteiger partial charge in [-0.15, -0.1) is 0 Å². The zero-order valence-corrected chi connectivity index (χ0v) is 15.6. The number of anilines is 2. The first-order valence-corrected chi connectivity index (χ1v) is 9.04. The van der Waals surface area contributed by atoms with Crippen LogP contribution in [0.15, 0.2) is 78.9 Å². The number of carboxylic acids is 1. The topological polar surface area (TPSA) is 67.2 Å². The van der Waals surface area contributed by atoms with Crippen molar-refractivity contribution in [3.8, 4) is 16.9 Å². The first kappa shape index (κ1) is 18.4. The maximum absolute atomic E-state index is 13.3. The van der Waals surface area contributed by atoms with Gasteiger partial charge in [-0.3, -0.25) is 0 Å². The van der Waals surface area contributed by atoms with Crippen molar-refractivity contribution in [2.24, 2.45) is 0 Å². The first-order chi connectivity index (χ1) is 14.0. The van der Waals surface area contributed by atoms with Crippen molar-refractivity contribution < 1.29 is 14.3 Å². The molecule has 29 heavy (non-hydrogen) atoms. The van der Waals surface area contributed by atoms with Gasteiger partial charge in [0.1, 0.15) is 11.6 Å². The van der Waals surface area contributed by atoms with Gasteiger partial charge < -0.3 is 10.4 Å². The highest BCUT2D eigenvalue weighted by Gasteiger charge is 2.16. The molecule has 1 heterocycles.